The number of ether oxygens (including phenoxy) is 1. The molecule has 6 nitrogen and oxygen atoms in total. The number of carboxylic acid groups (broad SMARTS) is 1. The minimum absolute atomic E-state index is 0.131. The number of pyridine rings is 1. The van der Waals surface area contributed by atoms with Gasteiger partial charge in [-0.3, -0.25) is 9.78 Å². The molecule has 0 atom stereocenters. The number of amides is 1. The zero-order valence-electron chi connectivity index (χ0n) is 12.7. The number of nitrogens with zero attached hydrogens (tertiary/aromatic N) is 2. The molecule has 23 heavy (non-hydrogen) atoms. The maximum atomic E-state index is 12.7. The van der Waals surface area contributed by atoms with E-state index in [0.29, 0.717) is 30.8 Å². The van der Waals surface area contributed by atoms with Crippen molar-refractivity contribution < 1.29 is 19.4 Å². The lowest BCUT2D eigenvalue weighted by Crippen LogP contribution is -2.36. The van der Waals surface area contributed by atoms with Gasteiger partial charge in [-0.05, 0) is 29.7 Å². The molecule has 2 aromatic rings. The summed E-state index contributed by atoms with van der Waals surface area (Å²) < 4.78 is 5.24. The van der Waals surface area contributed by atoms with Crippen molar-refractivity contribution in [3.05, 3.63) is 58.9 Å². The number of fused-ring (bicyclic) bond motifs is 1. The van der Waals surface area contributed by atoms with Crippen LogP contribution in [0.4, 0.5) is 0 Å². The molecular formula is C17H16N2O4. The SMILES string of the molecule is COc1ccccc1C(=O)N1CCc2c(cncc2C(=O)O)C1. The predicted molar refractivity (Wildman–Crippen MR) is 82.6 cm³/mol. The van der Waals surface area contributed by atoms with Crippen LogP contribution < -0.4 is 4.74 Å². The van der Waals surface area contributed by atoms with Crippen molar-refractivity contribution in [1.82, 2.24) is 9.88 Å². The summed E-state index contributed by atoms with van der Waals surface area (Å²) in [6, 6.07) is 7.07. The summed E-state index contributed by atoms with van der Waals surface area (Å²) in [6.45, 7) is 0.814. The van der Waals surface area contributed by atoms with Crippen LogP contribution in [0.3, 0.4) is 0 Å². The van der Waals surface area contributed by atoms with Gasteiger partial charge >= 0.3 is 5.97 Å². The van der Waals surface area contributed by atoms with Crippen LogP contribution in [-0.2, 0) is 13.0 Å². The number of hydrogen-bond donors (Lipinski definition) is 1. The third-order valence-corrected chi connectivity index (χ3v) is 3.99. The van der Waals surface area contributed by atoms with Crippen LogP contribution in [0, 0.1) is 0 Å². The number of carboxylic acids is 1. The molecule has 1 amide bonds. The van der Waals surface area contributed by atoms with E-state index in [0.717, 1.165) is 11.1 Å². The molecular weight excluding hydrogens is 296 g/mol. The smallest absolute Gasteiger partial charge is 0.337 e. The minimum atomic E-state index is -0.987. The van der Waals surface area contributed by atoms with E-state index >= 15 is 0 Å². The zero-order valence-corrected chi connectivity index (χ0v) is 12.7. The fraction of sp³-hybridized carbons (Fsp3) is 0.235. The summed E-state index contributed by atoms with van der Waals surface area (Å²) in [6.07, 6.45) is 3.49. The second kappa shape index (κ2) is 6.08. The van der Waals surface area contributed by atoms with Gasteiger partial charge in [-0.1, -0.05) is 12.1 Å². The summed E-state index contributed by atoms with van der Waals surface area (Å²) in [5.41, 5.74) is 2.25. The van der Waals surface area contributed by atoms with Crippen molar-refractivity contribution >= 4 is 11.9 Å². The Morgan fingerprint density at radius 2 is 2.00 bits per heavy atom. The van der Waals surface area contributed by atoms with Gasteiger partial charge in [-0.15, -0.1) is 0 Å². The van der Waals surface area contributed by atoms with Crippen LogP contribution in [0.1, 0.15) is 31.8 Å². The number of hydrogen-bond acceptors (Lipinski definition) is 4. The van der Waals surface area contributed by atoms with E-state index in [2.05, 4.69) is 4.98 Å². The van der Waals surface area contributed by atoms with Gasteiger partial charge in [-0.25, -0.2) is 4.79 Å². The van der Waals surface area contributed by atoms with E-state index in [1.807, 2.05) is 6.07 Å². The molecule has 118 valence electrons. The number of methoxy groups -OCH3 is 1. The minimum Gasteiger partial charge on any atom is -0.496 e. The van der Waals surface area contributed by atoms with Crippen molar-refractivity contribution in [3.8, 4) is 5.75 Å². The third kappa shape index (κ3) is 2.75. The first-order valence-corrected chi connectivity index (χ1v) is 7.23. The van der Waals surface area contributed by atoms with Crippen LogP contribution in [0.2, 0.25) is 0 Å². The summed E-state index contributed by atoms with van der Waals surface area (Å²) in [7, 11) is 1.53. The number of rotatable bonds is 3. The molecule has 0 bridgehead atoms. The lowest BCUT2D eigenvalue weighted by atomic mass is 9.96. The molecule has 0 saturated heterocycles. The predicted octanol–water partition coefficient (Wildman–Crippen LogP) is 1.99. The van der Waals surface area contributed by atoms with Gasteiger partial charge in [0.15, 0.2) is 0 Å². The summed E-state index contributed by atoms with van der Waals surface area (Å²) >= 11 is 0. The lowest BCUT2D eigenvalue weighted by molar-refractivity contribution is 0.0693. The Morgan fingerprint density at radius 1 is 1.22 bits per heavy atom. The zero-order chi connectivity index (χ0) is 16.4. The standard InChI is InChI=1S/C17H16N2O4/c1-23-15-5-3-2-4-13(15)16(20)19-7-6-12-11(10-19)8-18-9-14(12)17(21)22/h2-5,8-9H,6-7,10H2,1H3,(H,21,22). The molecule has 1 aromatic heterocycles. The van der Waals surface area contributed by atoms with Crippen LogP contribution >= 0.6 is 0 Å². The van der Waals surface area contributed by atoms with Gasteiger partial charge in [0.1, 0.15) is 5.75 Å². The molecule has 0 aliphatic carbocycles. The van der Waals surface area contributed by atoms with E-state index in [1.165, 1.54) is 13.3 Å². The van der Waals surface area contributed by atoms with Gasteiger partial charge < -0.3 is 14.7 Å². The fourth-order valence-electron chi connectivity index (χ4n) is 2.84. The number of aromatic carboxylic acids is 1. The number of para-hydroxylation sites is 1. The Kier molecular flexibility index (Phi) is 3.97. The van der Waals surface area contributed by atoms with E-state index in [4.69, 9.17) is 4.74 Å². The van der Waals surface area contributed by atoms with Gasteiger partial charge in [-0.2, -0.15) is 0 Å². The van der Waals surface area contributed by atoms with Crippen LogP contribution in [0.5, 0.6) is 5.75 Å². The summed E-state index contributed by atoms with van der Waals surface area (Å²) in [4.78, 5) is 29.6. The molecule has 0 fully saturated rings. The molecule has 0 saturated carbocycles. The Morgan fingerprint density at radius 3 is 2.74 bits per heavy atom. The van der Waals surface area contributed by atoms with Gasteiger partial charge in [0, 0.05) is 25.5 Å². The summed E-state index contributed by atoms with van der Waals surface area (Å²) in [5, 5.41) is 9.23. The quantitative estimate of drug-likeness (QED) is 0.937. The topological polar surface area (TPSA) is 79.7 Å². The van der Waals surface area contributed by atoms with Gasteiger partial charge in [0.05, 0.1) is 18.2 Å². The Balaban J connectivity index is 1.89. The molecule has 3 rings (SSSR count). The molecule has 1 aliphatic rings. The Labute approximate surface area is 133 Å². The van der Waals surface area contributed by atoms with E-state index in [1.54, 1.807) is 29.3 Å². The average Bonchev–Trinajstić information content (AvgIpc) is 2.59. The highest BCUT2D eigenvalue weighted by Crippen LogP contribution is 2.25. The Hall–Kier alpha value is -2.89. The first kappa shape index (κ1) is 15.0. The van der Waals surface area contributed by atoms with Crippen molar-refractivity contribution in [2.75, 3.05) is 13.7 Å². The van der Waals surface area contributed by atoms with Crippen LogP contribution in [0.15, 0.2) is 36.7 Å². The fourth-order valence-corrected chi connectivity index (χ4v) is 2.84. The largest absolute Gasteiger partial charge is 0.496 e. The second-order valence-electron chi connectivity index (χ2n) is 5.31. The number of carbonyl (C=O) groups excluding carboxylic acids is 1. The monoisotopic (exact) mass is 312 g/mol. The normalized spacial score (nSPS) is 13.3. The molecule has 1 aromatic carbocycles. The maximum absolute atomic E-state index is 12.7. The third-order valence-electron chi connectivity index (χ3n) is 3.99. The maximum Gasteiger partial charge on any atom is 0.337 e. The van der Waals surface area contributed by atoms with Gasteiger partial charge in [0.25, 0.3) is 5.91 Å². The van der Waals surface area contributed by atoms with E-state index < -0.39 is 5.97 Å². The van der Waals surface area contributed by atoms with Crippen molar-refractivity contribution in [3.63, 3.8) is 0 Å². The molecule has 6 heteroatoms. The highest BCUT2D eigenvalue weighted by Gasteiger charge is 2.26. The van der Waals surface area contributed by atoms with Gasteiger partial charge in [0.2, 0.25) is 0 Å². The highest BCUT2D eigenvalue weighted by molar-refractivity contribution is 5.97. The molecule has 2 heterocycles. The van der Waals surface area contributed by atoms with Crippen LogP contribution in [0.25, 0.3) is 0 Å². The van der Waals surface area contributed by atoms with E-state index in [-0.39, 0.29) is 11.5 Å². The summed E-state index contributed by atoms with van der Waals surface area (Å²) in [5.74, 6) is -0.589. The number of aromatic nitrogens is 1. The molecule has 1 aliphatic heterocycles. The molecule has 0 spiro atoms. The highest BCUT2D eigenvalue weighted by atomic mass is 16.5. The Bertz CT molecular complexity index is 773. The molecule has 0 unspecified atom stereocenters. The van der Waals surface area contributed by atoms with Crippen LogP contribution in [-0.4, -0.2) is 40.5 Å². The lowest BCUT2D eigenvalue weighted by Gasteiger charge is -2.29. The first-order valence-electron chi connectivity index (χ1n) is 7.23. The second-order valence-corrected chi connectivity index (χ2v) is 5.31. The van der Waals surface area contributed by atoms with Crippen molar-refractivity contribution in [2.24, 2.45) is 0 Å². The molecule has 0 radical (unpaired) electrons. The van der Waals surface area contributed by atoms with E-state index in [9.17, 15) is 14.7 Å². The number of carbonyl (C=O) groups is 2. The van der Waals surface area contributed by atoms with Crippen molar-refractivity contribution in [2.45, 2.75) is 13.0 Å². The average molecular weight is 312 g/mol. The number of benzene rings is 1. The first-order chi connectivity index (χ1) is 11.1. The van der Waals surface area contributed by atoms with Crippen molar-refractivity contribution in [1.29, 1.82) is 0 Å². The molecule has 1 N–H and O–H groups in total.